The van der Waals surface area contributed by atoms with Crippen molar-refractivity contribution in [2.75, 3.05) is 7.11 Å². The van der Waals surface area contributed by atoms with Crippen LogP contribution < -0.4 is 4.74 Å². The normalized spacial score (nSPS) is 11.2. The molecular weight excluding hydrogens is 436 g/mol. The van der Waals surface area contributed by atoms with E-state index in [0.29, 0.717) is 31.4 Å². The number of phenols is 1. The number of thiazole rings is 1. The number of halogens is 2. The standard InChI is InChI=1S/C19H12BrClN2O2S/c1-25-16-7-4-12(17(20)18(16)24)8-13(9-22)19-23-15(10-26-19)11-2-5-14(21)6-3-11/h2-8,10,24H,1H3/b13-8-. The van der Waals surface area contributed by atoms with E-state index < -0.39 is 0 Å². The Morgan fingerprint density at radius 2 is 2.04 bits per heavy atom. The maximum Gasteiger partial charge on any atom is 0.172 e. The molecule has 0 radical (unpaired) electrons. The quantitative estimate of drug-likeness (QED) is 0.498. The second-order valence-corrected chi connectivity index (χ2v) is 7.32. The molecule has 1 N–H and O–H groups in total. The molecule has 0 saturated heterocycles. The number of benzene rings is 2. The van der Waals surface area contributed by atoms with Gasteiger partial charge < -0.3 is 9.84 Å². The molecule has 1 aromatic heterocycles. The number of nitrogens with zero attached hydrogens (tertiary/aromatic N) is 2. The van der Waals surface area contributed by atoms with Crippen molar-refractivity contribution in [3.8, 4) is 28.8 Å². The van der Waals surface area contributed by atoms with Crippen LogP contribution in [0.3, 0.4) is 0 Å². The number of rotatable bonds is 4. The fourth-order valence-corrected chi connectivity index (χ4v) is 3.65. The molecule has 0 bridgehead atoms. The molecule has 0 amide bonds. The van der Waals surface area contributed by atoms with E-state index in [-0.39, 0.29) is 5.75 Å². The first-order valence-electron chi connectivity index (χ1n) is 7.42. The topological polar surface area (TPSA) is 66.1 Å². The SMILES string of the molecule is COc1ccc(/C=C(/C#N)c2nc(-c3ccc(Cl)cc3)cs2)c(Br)c1O. The lowest BCUT2D eigenvalue weighted by atomic mass is 10.1. The van der Waals surface area contributed by atoms with Crippen molar-refractivity contribution >= 4 is 50.5 Å². The van der Waals surface area contributed by atoms with E-state index in [9.17, 15) is 10.4 Å². The van der Waals surface area contributed by atoms with Crippen molar-refractivity contribution in [2.45, 2.75) is 0 Å². The Balaban J connectivity index is 1.98. The van der Waals surface area contributed by atoms with Gasteiger partial charge >= 0.3 is 0 Å². The molecule has 7 heteroatoms. The van der Waals surface area contributed by atoms with E-state index >= 15 is 0 Å². The highest BCUT2D eigenvalue weighted by molar-refractivity contribution is 9.10. The molecule has 0 saturated carbocycles. The van der Waals surface area contributed by atoms with Crippen LogP contribution in [0.2, 0.25) is 5.02 Å². The minimum Gasteiger partial charge on any atom is -0.503 e. The van der Waals surface area contributed by atoms with Crippen LogP contribution in [0.15, 0.2) is 46.3 Å². The summed E-state index contributed by atoms with van der Waals surface area (Å²) in [6, 6.07) is 12.9. The largest absolute Gasteiger partial charge is 0.503 e. The van der Waals surface area contributed by atoms with Gasteiger partial charge in [0.05, 0.1) is 22.8 Å². The molecule has 3 rings (SSSR count). The molecule has 2 aromatic carbocycles. The van der Waals surface area contributed by atoms with Crippen LogP contribution in [0.4, 0.5) is 0 Å². The fraction of sp³-hybridized carbons (Fsp3) is 0.0526. The highest BCUT2D eigenvalue weighted by Gasteiger charge is 2.13. The second-order valence-electron chi connectivity index (χ2n) is 5.23. The van der Waals surface area contributed by atoms with Crippen molar-refractivity contribution in [3.05, 3.63) is 61.8 Å². The number of aromatic hydroxyl groups is 1. The Morgan fingerprint density at radius 1 is 1.31 bits per heavy atom. The molecule has 4 nitrogen and oxygen atoms in total. The summed E-state index contributed by atoms with van der Waals surface area (Å²) in [4.78, 5) is 4.55. The monoisotopic (exact) mass is 446 g/mol. The van der Waals surface area contributed by atoms with E-state index in [1.54, 1.807) is 30.3 Å². The minimum absolute atomic E-state index is 0.0143. The molecular formula is C19H12BrClN2O2S. The van der Waals surface area contributed by atoms with E-state index in [4.69, 9.17) is 16.3 Å². The zero-order chi connectivity index (χ0) is 18.7. The third kappa shape index (κ3) is 3.75. The highest BCUT2D eigenvalue weighted by Crippen LogP contribution is 2.38. The average molecular weight is 448 g/mol. The molecule has 0 aliphatic rings. The Hall–Kier alpha value is -2.33. The number of nitriles is 1. The minimum atomic E-state index is -0.0143. The number of hydrogen-bond acceptors (Lipinski definition) is 5. The first kappa shape index (κ1) is 18.5. The van der Waals surface area contributed by atoms with Crippen LogP contribution in [-0.2, 0) is 0 Å². The van der Waals surface area contributed by atoms with E-state index in [1.165, 1.54) is 18.4 Å². The molecule has 130 valence electrons. The van der Waals surface area contributed by atoms with Crippen molar-refractivity contribution in [1.29, 1.82) is 5.26 Å². The average Bonchev–Trinajstić information content (AvgIpc) is 3.13. The summed E-state index contributed by atoms with van der Waals surface area (Å²) in [5.41, 5.74) is 2.76. The van der Waals surface area contributed by atoms with Gasteiger partial charge in [0, 0.05) is 16.0 Å². The van der Waals surface area contributed by atoms with Crippen LogP contribution in [-0.4, -0.2) is 17.2 Å². The van der Waals surface area contributed by atoms with Crippen molar-refractivity contribution in [2.24, 2.45) is 0 Å². The van der Waals surface area contributed by atoms with Crippen LogP contribution in [0.25, 0.3) is 22.9 Å². The van der Waals surface area contributed by atoms with Gasteiger partial charge in [0.1, 0.15) is 11.1 Å². The van der Waals surface area contributed by atoms with Crippen molar-refractivity contribution < 1.29 is 9.84 Å². The van der Waals surface area contributed by atoms with Gasteiger partial charge in [-0.2, -0.15) is 5.26 Å². The van der Waals surface area contributed by atoms with Gasteiger partial charge in [-0.3, -0.25) is 0 Å². The van der Waals surface area contributed by atoms with Gasteiger partial charge in [0.15, 0.2) is 11.5 Å². The number of ether oxygens (including phenoxy) is 1. The summed E-state index contributed by atoms with van der Waals surface area (Å²) in [5, 5.41) is 22.8. The number of methoxy groups -OCH3 is 1. The Bertz CT molecular complexity index is 1020. The highest BCUT2D eigenvalue weighted by atomic mass is 79.9. The van der Waals surface area contributed by atoms with Crippen LogP contribution in [0.1, 0.15) is 10.6 Å². The summed E-state index contributed by atoms with van der Waals surface area (Å²) in [6.45, 7) is 0. The smallest absolute Gasteiger partial charge is 0.172 e. The predicted octanol–water partition coefficient (Wildman–Crippen LogP) is 6.00. The molecule has 0 spiro atoms. The Kier molecular flexibility index (Phi) is 5.62. The number of aromatic nitrogens is 1. The first-order chi connectivity index (χ1) is 12.5. The number of phenolic OH excluding ortho intramolecular Hbond substituents is 1. The zero-order valence-corrected chi connectivity index (χ0v) is 16.7. The lowest BCUT2D eigenvalue weighted by Crippen LogP contribution is -1.87. The zero-order valence-electron chi connectivity index (χ0n) is 13.5. The predicted molar refractivity (Wildman–Crippen MR) is 108 cm³/mol. The summed E-state index contributed by atoms with van der Waals surface area (Å²) < 4.78 is 5.53. The first-order valence-corrected chi connectivity index (χ1v) is 9.47. The third-order valence-corrected chi connectivity index (χ3v) is 5.58. The maximum absolute atomic E-state index is 10.1. The molecule has 3 aromatic rings. The molecule has 0 atom stereocenters. The van der Waals surface area contributed by atoms with Crippen molar-refractivity contribution in [1.82, 2.24) is 4.98 Å². The lowest BCUT2D eigenvalue weighted by Gasteiger charge is -2.07. The maximum atomic E-state index is 10.1. The fourth-order valence-electron chi connectivity index (χ4n) is 2.29. The molecule has 0 fully saturated rings. The number of allylic oxidation sites excluding steroid dienone is 1. The Morgan fingerprint density at radius 3 is 2.69 bits per heavy atom. The van der Waals surface area contributed by atoms with Gasteiger partial charge in [-0.15, -0.1) is 11.3 Å². The summed E-state index contributed by atoms with van der Waals surface area (Å²) in [7, 11) is 1.48. The molecule has 0 unspecified atom stereocenters. The summed E-state index contributed by atoms with van der Waals surface area (Å²) >= 11 is 10.6. The molecule has 26 heavy (non-hydrogen) atoms. The van der Waals surface area contributed by atoms with Crippen LogP contribution >= 0.6 is 38.9 Å². The van der Waals surface area contributed by atoms with Crippen molar-refractivity contribution in [3.63, 3.8) is 0 Å². The Labute approximate surface area is 168 Å². The van der Waals surface area contributed by atoms with Gasteiger partial charge in [-0.25, -0.2) is 4.98 Å². The number of hydrogen-bond donors (Lipinski definition) is 1. The van der Waals surface area contributed by atoms with Crippen LogP contribution in [0.5, 0.6) is 11.5 Å². The van der Waals surface area contributed by atoms with E-state index in [2.05, 4.69) is 27.0 Å². The van der Waals surface area contributed by atoms with E-state index in [1.807, 2.05) is 17.5 Å². The molecule has 0 aliphatic heterocycles. The lowest BCUT2D eigenvalue weighted by molar-refractivity contribution is 0.372. The molecule has 1 heterocycles. The van der Waals surface area contributed by atoms with Gasteiger partial charge in [-0.1, -0.05) is 23.7 Å². The molecule has 0 aliphatic carbocycles. The van der Waals surface area contributed by atoms with Gasteiger partial charge in [-0.05, 0) is 51.8 Å². The summed E-state index contributed by atoms with van der Waals surface area (Å²) in [5.74, 6) is 0.339. The van der Waals surface area contributed by atoms with E-state index in [0.717, 1.165) is 11.3 Å². The van der Waals surface area contributed by atoms with Gasteiger partial charge in [0.25, 0.3) is 0 Å². The second kappa shape index (κ2) is 7.92. The van der Waals surface area contributed by atoms with Crippen LogP contribution in [0, 0.1) is 11.3 Å². The third-order valence-electron chi connectivity index (χ3n) is 3.62. The van der Waals surface area contributed by atoms with Gasteiger partial charge in [0.2, 0.25) is 0 Å². The summed E-state index contributed by atoms with van der Waals surface area (Å²) in [6.07, 6.45) is 1.67.